The van der Waals surface area contributed by atoms with Crippen molar-refractivity contribution in [2.24, 2.45) is 5.92 Å². The van der Waals surface area contributed by atoms with Crippen LogP contribution < -0.4 is 0 Å². The minimum Gasteiger partial charge on any atom is -0.465 e. The molecule has 5 nitrogen and oxygen atoms in total. The number of nitrogens with zero attached hydrogens (tertiary/aromatic N) is 1. The van der Waals surface area contributed by atoms with E-state index in [-0.39, 0.29) is 9.77 Å². The summed E-state index contributed by atoms with van der Waals surface area (Å²) in [5, 5.41) is 1.69. The normalized spacial score (nSPS) is 15.4. The minimum absolute atomic E-state index is 0.119. The van der Waals surface area contributed by atoms with Crippen LogP contribution in [0.15, 0.2) is 10.3 Å². The summed E-state index contributed by atoms with van der Waals surface area (Å²) in [7, 11) is -2.38. The first-order valence-electron chi connectivity index (χ1n) is 7.08. The van der Waals surface area contributed by atoms with E-state index in [9.17, 15) is 13.2 Å². The first-order chi connectivity index (χ1) is 9.91. The number of aryl methyl sites for hydroxylation is 1. The monoisotopic (exact) mass is 331 g/mol. The molecule has 0 amide bonds. The number of rotatable bonds is 7. The van der Waals surface area contributed by atoms with Crippen LogP contribution in [0.1, 0.15) is 41.4 Å². The lowest BCUT2D eigenvalue weighted by molar-refractivity contribution is 0.0602. The molecule has 1 aliphatic carbocycles. The van der Waals surface area contributed by atoms with Crippen LogP contribution >= 0.6 is 11.3 Å². The summed E-state index contributed by atoms with van der Waals surface area (Å²) >= 11 is 1.13. The van der Waals surface area contributed by atoms with E-state index in [0.29, 0.717) is 24.6 Å². The first kappa shape index (κ1) is 16.5. The summed E-state index contributed by atoms with van der Waals surface area (Å²) in [5.41, 5.74) is 0.609. The Kier molecular flexibility index (Phi) is 5.06. The van der Waals surface area contributed by atoms with Gasteiger partial charge in [0.05, 0.1) is 7.11 Å². The fourth-order valence-corrected chi connectivity index (χ4v) is 5.53. The number of hydrogen-bond acceptors (Lipinski definition) is 5. The van der Waals surface area contributed by atoms with Crippen molar-refractivity contribution in [2.75, 3.05) is 20.2 Å². The third kappa shape index (κ3) is 3.46. The topological polar surface area (TPSA) is 63.7 Å². The summed E-state index contributed by atoms with van der Waals surface area (Å²) in [6.07, 6.45) is 2.92. The molecule has 0 atom stereocenters. The van der Waals surface area contributed by atoms with Gasteiger partial charge in [0.2, 0.25) is 10.0 Å². The third-order valence-corrected chi connectivity index (χ3v) is 6.78. The van der Waals surface area contributed by atoms with Crippen LogP contribution in [0, 0.1) is 12.8 Å². The van der Waals surface area contributed by atoms with Crippen molar-refractivity contribution in [3.63, 3.8) is 0 Å². The summed E-state index contributed by atoms with van der Waals surface area (Å²) in [6, 6.07) is 0. The van der Waals surface area contributed by atoms with Crippen LogP contribution in [0.3, 0.4) is 0 Å². The SMILES string of the molecule is CCCN(CC1CC1)S(=O)(=O)c1c(C)csc1C(=O)OC. The Labute approximate surface area is 130 Å². The van der Waals surface area contributed by atoms with Crippen LogP contribution in [-0.2, 0) is 14.8 Å². The zero-order chi connectivity index (χ0) is 15.6. The van der Waals surface area contributed by atoms with Crippen molar-refractivity contribution in [3.05, 3.63) is 15.8 Å². The van der Waals surface area contributed by atoms with E-state index < -0.39 is 16.0 Å². The molecule has 1 fully saturated rings. The molecule has 0 bridgehead atoms. The summed E-state index contributed by atoms with van der Waals surface area (Å²) in [4.78, 5) is 12.1. The lowest BCUT2D eigenvalue weighted by atomic mass is 10.3. The fourth-order valence-electron chi connectivity index (χ4n) is 2.26. The Hall–Kier alpha value is -0.920. The van der Waals surface area contributed by atoms with Gasteiger partial charge in [-0.3, -0.25) is 0 Å². The molecule has 1 saturated carbocycles. The Morgan fingerprint density at radius 2 is 2.14 bits per heavy atom. The molecule has 1 heterocycles. The second-order valence-electron chi connectivity index (χ2n) is 5.37. The largest absolute Gasteiger partial charge is 0.465 e. The van der Waals surface area contributed by atoms with E-state index in [0.717, 1.165) is 30.6 Å². The van der Waals surface area contributed by atoms with E-state index in [1.165, 1.54) is 11.4 Å². The van der Waals surface area contributed by atoms with Gasteiger partial charge in [-0.25, -0.2) is 13.2 Å². The first-order valence-corrected chi connectivity index (χ1v) is 9.40. The highest BCUT2D eigenvalue weighted by Crippen LogP contribution is 2.34. The number of sulfonamides is 1. The van der Waals surface area contributed by atoms with E-state index in [1.54, 1.807) is 12.3 Å². The highest BCUT2D eigenvalue weighted by atomic mass is 32.2. The van der Waals surface area contributed by atoms with E-state index >= 15 is 0 Å². The number of carbonyl (C=O) groups excluding carboxylic acids is 1. The number of hydrogen-bond donors (Lipinski definition) is 0. The average Bonchev–Trinajstić information content (AvgIpc) is 3.17. The zero-order valence-electron chi connectivity index (χ0n) is 12.6. The molecule has 21 heavy (non-hydrogen) atoms. The van der Waals surface area contributed by atoms with E-state index in [1.807, 2.05) is 6.92 Å². The van der Waals surface area contributed by atoms with Crippen LogP contribution in [-0.4, -0.2) is 38.9 Å². The number of esters is 1. The Morgan fingerprint density at radius 3 is 2.67 bits per heavy atom. The fraction of sp³-hybridized carbons (Fsp3) is 0.643. The maximum Gasteiger partial charge on any atom is 0.349 e. The molecule has 1 aromatic heterocycles. The van der Waals surface area contributed by atoms with Crippen molar-refractivity contribution in [3.8, 4) is 0 Å². The number of methoxy groups -OCH3 is 1. The molecule has 0 aliphatic heterocycles. The van der Waals surface area contributed by atoms with Crippen LogP contribution in [0.4, 0.5) is 0 Å². The van der Waals surface area contributed by atoms with Gasteiger partial charge < -0.3 is 4.74 Å². The molecule has 118 valence electrons. The van der Waals surface area contributed by atoms with Gasteiger partial charge in [-0.05, 0) is 43.0 Å². The van der Waals surface area contributed by atoms with Crippen LogP contribution in [0.5, 0.6) is 0 Å². The van der Waals surface area contributed by atoms with Gasteiger partial charge in [-0.1, -0.05) is 6.92 Å². The van der Waals surface area contributed by atoms with Crippen molar-refractivity contribution in [1.29, 1.82) is 0 Å². The van der Waals surface area contributed by atoms with Gasteiger partial charge in [0, 0.05) is 13.1 Å². The Morgan fingerprint density at radius 1 is 1.48 bits per heavy atom. The molecule has 0 saturated heterocycles. The molecular weight excluding hydrogens is 310 g/mol. The minimum atomic E-state index is -3.65. The molecule has 0 aromatic carbocycles. The molecule has 0 radical (unpaired) electrons. The maximum absolute atomic E-state index is 12.9. The maximum atomic E-state index is 12.9. The molecule has 0 spiro atoms. The molecule has 0 N–H and O–H groups in total. The summed E-state index contributed by atoms with van der Waals surface area (Å²) in [6.45, 7) is 4.70. The van der Waals surface area contributed by atoms with Gasteiger partial charge in [-0.2, -0.15) is 4.31 Å². The molecule has 1 aliphatic rings. The van der Waals surface area contributed by atoms with Gasteiger partial charge >= 0.3 is 5.97 Å². The average molecular weight is 331 g/mol. The van der Waals surface area contributed by atoms with Crippen molar-refractivity contribution in [2.45, 2.75) is 38.0 Å². The summed E-state index contributed by atoms with van der Waals surface area (Å²) in [5.74, 6) is -0.124. The van der Waals surface area contributed by atoms with Crippen molar-refractivity contribution < 1.29 is 17.9 Å². The van der Waals surface area contributed by atoms with Crippen molar-refractivity contribution >= 4 is 27.3 Å². The molecule has 0 unspecified atom stereocenters. The molecular formula is C14H21NO4S2. The Bertz CT molecular complexity index is 617. The second kappa shape index (κ2) is 6.46. The smallest absolute Gasteiger partial charge is 0.349 e. The van der Waals surface area contributed by atoms with Gasteiger partial charge in [-0.15, -0.1) is 11.3 Å². The molecule has 7 heteroatoms. The van der Waals surface area contributed by atoms with Gasteiger partial charge in [0.25, 0.3) is 0 Å². The lowest BCUT2D eigenvalue weighted by Gasteiger charge is -2.22. The van der Waals surface area contributed by atoms with E-state index in [4.69, 9.17) is 4.74 Å². The number of thiophene rings is 1. The van der Waals surface area contributed by atoms with Crippen LogP contribution in [0.25, 0.3) is 0 Å². The van der Waals surface area contributed by atoms with Crippen molar-refractivity contribution in [1.82, 2.24) is 4.31 Å². The highest BCUT2D eigenvalue weighted by molar-refractivity contribution is 7.89. The van der Waals surface area contributed by atoms with Gasteiger partial charge in [0.15, 0.2) is 0 Å². The predicted molar refractivity (Wildman–Crippen MR) is 82.2 cm³/mol. The zero-order valence-corrected chi connectivity index (χ0v) is 14.2. The van der Waals surface area contributed by atoms with Gasteiger partial charge in [0.1, 0.15) is 9.77 Å². The standard InChI is InChI=1S/C14H21NO4S2/c1-4-7-15(8-11-5-6-11)21(17,18)13-10(2)9-20-12(13)14(16)19-3/h9,11H,4-8H2,1-3H3. The number of ether oxygens (including phenoxy) is 1. The predicted octanol–water partition coefficient (Wildman–Crippen LogP) is 2.65. The van der Waals surface area contributed by atoms with E-state index in [2.05, 4.69) is 0 Å². The molecule has 1 aromatic rings. The quantitative estimate of drug-likeness (QED) is 0.721. The summed E-state index contributed by atoms with van der Waals surface area (Å²) < 4.78 is 32.1. The second-order valence-corrected chi connectivity index (χ2v) is 8.13. The highest BCUT2D eigenvalue weighted by Gasteiger charge is 2.35. The van der Waals surface area contributed by atoms with Crippen LogP contribution in [0.2, 0.25) is 0 Å². The Balaban J connectivity index is 2.41. The molecule has 2 rings (SSSR count). The number of carbonyl (C=O) groups is 1. The third-order valence-electron chi connectivity index (χ3n) is 3.52. The lowest BCUT2D eigenvalue weighted by Crippen LogP contribution is -2.34.